The van der Waals surface area contributed by atoms with E-state index in [1.54, 1.807) is 0 Å². The summed E-state index contributed by atoms with van der Waals surface area (Å²) in [7, 11) is 0. The van der Waals surface area contributed by atoms with Gasteiger partial charge in [0.2, 0.25) is 0 Å². The van der Waals surface area contributed by atoms with Gasteiger partial charge in [-0.1, -0.05) is 13.8 Å². The number of fused-ring (bicyclic) bond motifs is 5. The largest absolute Gasteiger partial charge is 0.472 e. The maximum atomic E-state index is 10.6. The van der Waals surface area contributed by atoms with Gasteiger partial charge in [-0.05, 0) is 61.3 Å². The average Bonchev–Trinajstić information content (AvgIpc) is 3.08. The van der Waals surface area contributed by atoms with E-state index in [9.17, 15) is 15.3 Å². The Morgan fingerprint density at radius 2 is 1.83 bits per heavy atom. The number of aliphatic hydroxyl groups is 3. The van der Waals surface area contributed by atoms with Crippen LogP contribution in [0.2, 0.25) is 0 Å². The molecule has 4 nitrogen and oxygen atoms in total. The highest BCUT2D eigenvalue weighted by Gasteiger charge is 2.63. The Hall–Kier alpha value is -0.840. The Bertz CT molecular complexity index is 625. The van der Waals surface area contributed by atoms with Crippen LogP contribution in [0.3, 0.4) is 0 Å². The van der Waals surface area contributed by atoms with Crippen LogP contribution >= 0.6 is 0 Å². The number of furan rings is 1. The van der Waals surface area contributed by atoms with Gasteiger partial charge in [-0.3, -0.25) is 0 Å². The maximum Gasteiger partial charge on any atom is 0.0944 e. The molecule has 2 fully saturated rings. The zero-order valence-corrected chi connectivity index (χ0v) is 14.8. The summed E-state index contributed by atoms with van der Waals surface area (Å²) in [6, 6.07) is 0. The second-order valence-corrected chi connectivity index (χ2v) is 9.03. The lowest BCUT2D eigenvalue weighted by Crippen LogP contribution is -2.63. The van der Waals surface area contributed by atoms with E-state index in [-0.39, 0.29) is 30.0 Å². The van der Waals surface area contributed by atoms with Gasteiger partial charge in [0.1, 0.15) is 0 Å². The van der Waals surface area contributed by atoms with Crippen molar-refractivity contribution in [3.05, 3.63) is 23.7 Å². The van der Waals surface area contributed by atoms with E-state index in [0.717, 1.165) is 38.5 Å². The molecule has 4 heteroatoms. The molecule has 0 radical (unpaired) electrons. The molecule has 6 atom stereocenters. The van der Waals surface area contributed by atoms with Crippen LogP contribution in [0.4, 0.5) is 0 Å². The quantitative estimate of drug-likeness (QED) is 0.777. The summed E-state index contributed by atoms with van der Waals surface area (Å²) in [6.07, 6.45) is 8.86. The Morgan fingerprint density at radius 3 is 2.54 bits per heavy atom. The Labute approximate surface area is 143 Å². The molecule has 24 heavy (non-hydrogen) atoms. The molecule has 4 rings (SSSR count). The summed E-state index contributed by atoms with van der Waals surface area (Å²) >= 11 is 0. The Morgan fingerprint density at radius 1 is 1.04 bits per heavy atom. The molecule has 0 spiro atoms. The number of hydrogen-bond acceptors (Lipinski definition) is 4. The first-order chi connectivity index (χ1) is 11.4. The zero-order valence-electron chi connectivity index (χ0n) is 14.8. The first kappa shape index (κ1) is 16.6. The summed E-state index contributed by atoms with van der Waals surface area (Å²) in [5.74, 6) is 0.661. The van der Waals surface area contributed by atoms with Crippen LogP contribution in [-0.2, 0) is 11.8 Å². The van der Waals surface area contributed by atoms with E-state index < -0.39 is 11.5 Å². The monoisotopic (exact) mass is 334 g/mol. The fraction of sp³-hybridized carbons (Fsp3) is 0.800. The van der Waals surface area contributed by atoms with Gasteiger partial charge < -0.3 is 19.7 Å². The second kappa shape index (κ2) is 5.33. The summed E-state index contributed by atoms with van der Waals surface area (Å²) in [5, 5.41) is 31.1. The van der Waals surface area contributed by atoms with Crippen molar-refractivity contribution in [3.8, 4) is 0 Å². The van der Waals surface area contributed by atoms with Gasteiger partial charge in [0, 0.05) is 16.4 Å². The lowest BCUT2D eigenvalue weighted by atomic mass is 9.40. The fourth-order valence-corrected chi connectivity index (χ4v) is 6.89. The molecule has 1 heterocycles. The highest BCUT2D eigenvalue weighted by Crippen LogP contribution is 2.66. The van der Waals surface area contributed by atoms with Crippen LogP contribution in [-0.4, -0.2) is 34.6 Å². The Balaban J connectivity index is 1.81. The molecule has 134 valence electrons. The summed E-state index contributed by atoms with van der Waals surface area (Å²) in [4.78, 5) is 0. The smallest absolute Gasteiger partial charge is 0.0944 e. The predicted octanol–water partition coefficient (Wildman–Crippen LogP) is 2.64. The minimum absolute atomic E-state index is 0.0320. The van der Waals surface area contributed by atoms with Crippen LogP contribution in [0.15, 0.2) is 16.9 Å². The molecule has 0 unspecified atom stereocenters. The highest BCUT2D eigenvalue weighted by atomic mass is 16.3. The van der Waals surface area contributed by atoms with E-state index in [2.05, 4.69) is 13.8 Å². The Kier molecular flexibility index (Phi) is 3.69. The third-order valence-electron chi connectivity index (χ3n) is 8.26. The van der Waals surface area contributed by atoms with Crippen LogP contribution in [0.5, 0.6) is 0 Å². The summed E-state index contributed by atoms with van der Waals surface area (Å²) in [5.41, 5.74) is 1.84. The minimum atomic E-state index is -0.439. The predicted molar refractivity (Wildman–Crippen MR) is 90.5 cm³/mol. The van der Waals surface area contributed by atoms with Gasteiger partial charge in [-0.25, -0.2) is 0 Å². The van der Waals surface area contributed by atoms with Gasteiger partial charge in [-0.2, -0.15) is 0 Å². The molecular weight excluding hydrogens is 304 g/mol. The molecule has 0 saturated heterocycles. The summed E-state index contributed by atoms with van der Waals surface area (Å²) < 4.78 is 5.50. The van der Waals surface area contributed by atoms with Gasteiger partial charge in [-0.15, -0.1) is 0 Å². The molecule has 2 saturated carbocycles. The van der Waals surface area contributed by atoms with E-state index >= 15 is 0 Å². The van der Waals surface area contributed by atoms with Crippen molar-refractivity contribution in [3.63, 3.8) is 0 Å². The van der Waals surface area contributed by atoms with E-state index in [1.807, 2.05) is 12.5 Å². The molecule has 3 aliphatic carbocycles. The normalized spacial score (nSPS) is 47.6. The van der Waals surface area contributed by atoms with Gasteiger partial charge in [0.25, 0.3) is 0 Å². The third-order valence-corrected chi connectivity index (χ3v) is 8.26. The number of aryl methyl sites for hydroxylation is 1. The van der Waals surface area contributed by atoms with Crippen molar-refractivity contribution in [2.75, 3.05) is 13.2 Å². The number of rotatable bonds is 2. The number of aliphatic hydroxyl groups excluding tert-OH is 3. The molecule has 0 amide bonds. The lowest BCUT2D eigenvalue weighted by molar-refractivity contribution is -0.185. The SMILES string of the molecule is C[C@]12CC[C@H](O)[C@](C)(CO)[C@@H]1CC[C@@]1(CO)c3cocc3CC[C@@H]12. The molecule has 0 bridgehead atoms. The van der Waals surface area contributed by atoms with E-state index in [0.29, 0.717) is 5.92 Å². The van der Waals surface area contributed by atoms with Gasteiger partial charge >= 0.3 is 0 Å². The van der Waals surface area contributed by atoms with Crippen LogP contribution in [0.25, 0.3) is 0 Å². The van der Waals surface area contributed by atoms with E-state index in [1.165, 1.54) is 11.1 Å². The van der Waals surface area contributed by atoms with Crippen molar-refractivity contribution < 1.29 is 19.7 Å². The third kappa shape index (κ3) is 1.85. The molecular formula is C20H30O4. The fourth-order valence-electron chi connectivity index (χ4n) is 6.89. The zero-order chi connectivity index (χ0) is 17.2. The van der Waals surface area contributed by atoms with Gasteiger partial charge in [0.15, 0.2) is 0 Å². The molecule has 3 N–H and O–H groups in total. The molecule has 0 aromatic carbocycles. The number of hydrogen-bond donors (Lipinski definition) is 3. The first-order valence-corrected chi connectivity index (χ1v) is 9.38. The van der Waals surface area contributed by atoms with Crippen molar-refractivity contribution >= 4 is 0 Å². The highest BCUT2D eigenvalue weighted by molar-refractivity contribution is 5.37. The standard InChI is InChI=1S/C20H30O4/c1-18-7-6-17(23)19(2,11-21)15(18)5-8-20(12-22)14-10-24-9-13(14)3-4-16(18)20/h9-10,15-17,21-23H,3-8,11-12H2,1-2H3/t15-,16-,17+,18+,19-,20-/m1/s1. The van der Waals surface area contributed by atoms with Crippen molar-refractivity contribution in [2.24, 2.45) is 22.7 Å². The van der Waals surface area contributed by atoms with Crippen molar-refractivity contribution in [1.82, 2.24) is 0 Å². The average molecular weight is 334 g/mol. The van der Waals surface area contributed by atoms with Crippen molar-refractivity contribution in [2.45, 2.75) is 63.9 Å². The minimum Gasteiger partial charge on any atom is -0.472 e. The molecule has 3 aliphatic rings. The van der Waals surface area contributed by atoms with Crippen molar-refractivity contribution in [1.29, 1.82) is 0 Å². The summed E-state index contributed by atoms with van der Waals surface area (Å²) in [6.45, 7) is 4.59. The van der Waals surface area contributed by atoms with Gasteiger partial charge in [0.05, 0.1) is 31.8 Å². The molecule has 1 aromatic heterocycles. The van der Waals surface area contributed by atoms with Crippen LogP contribution in [0, 0.1) is 22.7 Å². The topological polar surface area (TPSA) is 73.8 Å². The first-order valence-electron chi connectivity index (χ1n) is 9.38. The molecule has 1 aromatic rings. The maximum absolute atomic E-state index is 10.6. The van der Waals surface area contributed by atoms with Crippen LogP contribution in [0.1, 0.15) is 57.1 Å². The van der Waals surface area contributed by atoms with E-state index in [4.69, 9.17) is 4.42 Å². The second-order valence-electron chi connectivity index (χ2n) is 9.03. The lowest BCUT2D eigenvalue weighted by Gasteiger charge is -2.65. The van der Waals surface area contributed by atoms with Crippen LogP contribution < -0.4 is 0 Å². The molecule has 0 aliphatic heterocycles.